The van der Waals surface area contributed by atoms with Gasteiger partial charge >= 0.3 is 0 Å². The fourth-order valence-corrected chi connectivity index (χ4v) is 5.08. The fourth-order valence-electron chi connectivity index (χ4n) is 5.08. The van der Waals surface area contributed by atoms with Crippen molar-refractivity contribution in [2.75, 3.05) is 0 Å². The third-order valence-electron chi connectivity index (χ3n) is 6.72. The molecule has 36 heavy (non-hydrogen) atoms. The van der Waals surface area contributed by atoms with Gasteiger partial charge in [-0.2, -0.15) is 0 Å². The van der Waals surface area contributed by atoms with Crippen molar-refractivity contribution in [1.82, 2.24) is 4.98 Å². The first-order valence-corrected chi connectivity index (χ1v) is 12.4. The normalized spacial score (nSPS) is 13.4. The summed E-state index contributed by atoms with van der Waals surface area (Å²) in [4.78, 5) is 4.67. The molecule has 0 saturated heterocycles. The number of furan rings is 1. The van der Waals surface area contributed by atoms with Crippen LogP contribution in [0.5, 0.6) is 0 Å². The van der Waals surface area contributed by atoms with Crippen LogP contribution in [0.2, 0.25) is 0 Å². The van der Waals surface area contributed by atoms with Crippen molar-refractivity contribution in [3.8, 4) is 22.5 Å². The average Bonchev–Trinajstić information content (AvgIpc) is 3.28. The number of aromatic nitrogens is 2. The van der Waals surface area contributed by atoms with E-state index in [0.29, 0.717) is 5.56 Å². The Labute approximate surface area is 214 Å². The Hall–Kier alpha value is -3.98. The molecule has 0 spiro atoms. The second-order valence-electron chi connectivity index (χ2n) is 10.6. The van der Waals surface area contributed by atoms with E-state index in [-0.39, 0.29) is 0 Å². The summed E-state index contributed by atoms with van der Waals surface area (Å²) in [5, 5.41) is 4.64. The zero-order valence-corrected chi connectivity index (χ0v) is 21.4. The minimum atomic E-state index is -1.48. The molecule has 0 radical (unpaired) electrons. The molecule has 6 aromatic rings. The maximum atomic E-state index is 8.58. The van der Waals surface area contributed by atoms with Crippen molar-refractivity contribution >= 4 is 32.7 Å². The molecular formula is C33H31N2O+. The Balaban J connectivity index is 1.52. The van der Waals surface area contributed by atoms with Crippen LogP contribution < -0.4 is 4.57 Å². The smallest absolute Gasteiger partial charge is 0.217 e. The molecule has 3 aromatic carbocycles. The van der Waals surface area contributed by atoms with Crippen LogP contribution in [0.4, 0.5) is 0 Å². The number of hydrogen-bond donors (Lipinski definition) is 0. The van der Waals surface area contributed by atoms with Crippen LogP contribution in [0.15, 0.2) is 89.6 Å². The average molecular weight is 474 g/mol. The van der Waals surface area contributed by atoms with E-state index in [4.69, 9.17) is 7.16 Å². The summed E-state index contributed by atoms with van der Waals surface area (Å²) in [6, 6.07) is 24.9. The molecule has 3 nitrogen and oxygen atoms in total. The summed E-state index contributed by atoms with van der Waals surface area (Å²) in [6.07, 6.45) is 2.24. The quantitative estimate of drug-likeness (QED) is 0.243. The van der Waals surface area contributed by atoms with E-state index in [0.717, 1.165) is 50.0 Å². The summed E-state index contributed by atoms with van der Waals surface area (Å²) in [5.74, 6) is 0. The molecule has 0 saturated carbocycles. The predicted molar refractivity (Wildman–Crippen MR) is 149 cm³/mol. The Bertz CT molecular complexity index is 1840. The molecule has 3 heterocycles. The monoisotopic (exact) mass is 473 g/mol. The number of nitrogens with zero attached hydrogens (tertiary/aromatic N) is 2. The molecule has 0 aliphatic rings. The van der Waals surface area contributed by atoms with Gasteiger partial charge in [-0.25, -0.2) is 4.57 Å². The summed E-state index contributed by atoms with van der Waals surface area (Å²) in [7, 11) is 2.05. The van der Waals surface area contributed by atoms with Crippen molar-refractivity contribution in [3.05, 3.63) is 96.3 Å². The van der Waals surface area contributed by atoms with E-state index < -0.39 is 11.8 Å². The van der Waals surface area contributed by atoms with Crippen molar-refractivity contribution < 1.29 is 11.7 Å². The third kappa shape index (κ3) is 3.85. The lowest BCUT2D eigenvalue weighted by atomic mass is 9.89. The van der Waals surface area contributed by atoms with Crippen LogP contribution in [-0.2, 0) is 13.4 Å². The Kier molecular flexibility index (Phi) is 4.67. The minimum absolute atomic E-state index is 0.530. The number of pyridine rings is 2. The topological polar surface area (TPSA) is 29.9 Å². The molecular weight excluding hydrogens is 440 g/mol. The van der Waals surface area contributed by atoms with Crippen LogP contribution in [0.1, 0.15) is 34.6 Å². The first kappa shape index (κ1) is 20.2. The van der Waals surface area contributed by atoms with Gasteiger partial charge in [0.2, 0.25) is 5.69 Å². The van der Waals surface area contributed by atoms with Gasteiger partial charge in [0.05, 0.1) is 11.3 Å². The first-order valence-electron chi connectivity index (χ1n) is 13.4. The Morgan fingerprint density at radius 3 is 2.56 bits per heavy atom. The first-order chi connectivity index (χ1) is 18.1. The largest absolute Gasteiger partial charge is 0.455 e. The second kappa shape index (κ2) is 8.30. The SMILES string of the molecule is [2H]C([2H])(c1ccc(-c2cc[n+](C)c(-c3c(C)ccc4c3oc3ccc5ccccc5c34)c2)nc1)C(C)(C)C. The van der Waals surface area contributed by atoms with Gasteiger partial charge in [0, 0.05) is 37.4 Å². The van der Waals surface area contributed by atoms with E-state index in [1.807, 2.05) is 52.2 Å². The van der Waals surface area contributed by atoms with Gasteiger partial charge in [0.15, 0.2) is 6.20 Å². The molecule has 0 bridgehead atoms. The highest BCUT2D eigenvalue weighted by Crippen LogP contribution is 2.40. The minimum Gasteiger partial charge on any atom is -0.455 e. The zero-order chi connectivity index (χ0) is 26.8. The van der Waals surface area contributed by atoms with Gasteiger partial charge in [-0.3, -0.25) is 4.98 Å². The van der Waals surface area contributed by atoms with E-state index in [1.165, 1.54) is 10.8 Å². The molecule has 6 rings (SSSR count). The van der Waals surface area contributed by atoms with Crippen LogP contribution in [0.25, 0.3) is 55.2 Å². The molecule has 0 amide bonds. The summed E-state index contributed by atoms with van der Waals surface area (Å²) in [6.45, 7) is 7.85. The summed E-state index contributed by atoms with van der Waals surface area (Å²) < 4.78 is 25.8. The van der Waals surface area contributed by atoms with Gasteiger partial charge in [0.1, 0.15) is 18.2 Å². The number of fused-ring (bicyclic) bond motifs is 5. The molecule has 0 unspecified atom stereocenters. The second-order valence-corrected chi connectivity index (χ2v) is 10.6. The summed E-state index contributed by atoms with van der Waals surface area (Å²) in [5.41, 5.74) is 6.83. The summed E-state index contributed by atoms with van der Waals surface area (Å²) >= 11 is 0. The standard InChI is InChI=1S/C33H31N2O/c1-21-10-13-26-31-25-9-7-6-8-23(25)12-15-29(31)36-32(26)30(21)28-18-24(16-17-35(28)5)27-14-11-22(20-34-27)19-33(2,3)4/h6-18,20H,19H2,1-5H3/q+1/i19D2. The highest BCUT2D eigenvalue weighted by molar-refractivity contribution is 6.20. The van der Waals surface area contributed by atoms with Crippen molar-refractivity contribution in [1.29, 1.82) is 0 Å². The molecule has 0 N–H and O–H groups in total. The number of benzene rings is 3. The van der Waals surface area contributed by atoms with Crippen LogP contribution in [0, 0.1) is 12.3 Å². The molecule has 0 aliphatic carbocycles. The zero-order valence-electron chi connectivity index (χ0n) is 23.4. The van der Waals surface area contributed by atoms with Gasteiger partial charge in [-0.1, -0.05) is 69.3 Å². The molecule has 0 atom stereocenters. The fraction of sp³-hybridized carbons (Fsp3) is 0.212. The van der Waals surface area contributed by atoms with Crippen molar-refractivity contribution in [2.45, 2.75) is 34.1 Å². The maximum Gasteiger partial charge on any atom is 0.217 e. The maximum absolute atomic E-state index is 8.58. The van der Waals surface area contributed by atoms with Gasteiger partial charge in [-0.15, -0.1) is 0 Å². The predicted octanol–water partition coefficient (Wildman–Crippen LogP) is 8.19. The highest BCUT2D eigenvalue weighted by Gasteiger charge is 2.22. The number of rotatable bonds is 3. The van der Waals surface area contributed by atoms with Gasteiger partial charge < -0.3 is 4.42 Å². The third-order valence-corrected chi connectivity index (χ3v) is 6.72. The number of aryl methyl sites for hydroxylation is 2. The molecule has 0 fully saturated rings. The van der Waals surface area contributed by atoms with E-state index in [2.05, 4.69) is 71.1 Å². The Morgan fingerprint density at radius 2 is 1.78 bits per heavy atom. The van der Waals surface area contributed by atoms with Crippen molar-refractivity contribution in [3.63, 3.8) is 0 Å². The number of hydrogen-bond acceptors (Lipinski definition) is 2. The van der Waals surface area contributed by atoms with Gasteiger partial charge in [-0.05, 0) is 52.7 Å². The lowest BCUT2D eigenvalue weighted by molar-refractivity contribution is -0.660. The lowest BCUT2D eigenvalue weighted by Gasteiger charge is -2.17. The van der Waals surface area contributed by atoms with Crippen LogP contribution >= 0.6 is 0 Å². The van der Waals surface area contributed by atoms with Gasteiger partial charge in [0.25, 0.3) is 0 Å². The van der Waals surface area contributed by atoms with E-state index in [1.54, 1.807) is 6.20 Å². The van der Waals surface area contributed by atoms with Crippen molar-refractivity contribution in [2.24, 2.45) is 12.5 Å². The Morgan fingerprint density at radius 1 is 0.944 bits per heavy atom. The van der Waals surface area contributed by atoms with Crippen LogP contribution in [-0.4, -0.2) is 4.98 Å². The lowest BCUT2D eigenvalue weighted by Crippen LogP contribution is -2.30. The van der Waals surface area contributed by atoms with E-state index in [9.17, 15) is 0 Å². The molecule has 3 aromatic heterocycles. The van der Waals surface area contributed by atoms with E-state index >= 15 is 0 Å². The van der Waals surface area contributed by atoms with Crippen LogP contribution in [0.3, 0.4) is 0 Å². The molecule has 0 aliphatic heterocycles. The molecule has 178 valence electrons. The molecule has 3 heteroatoms. The highest BCUT2D eigenvalue weighted by atomic mass is 16.3.